The summed E-state index contributed by atoms with van der Waals surface area (Å²) < 4.78 is 0. The molecule has 0 aliphatic heterocycles. The fourth-order valence-corrected chi connectivity index (χ4v) is 1.94. The Kier molecular flexibility index (Phi) is 5.16. The Labute approximate surface area is 136 Å². The highest BCUT2D eigenvalue weighted by atomic mass is 16.2. The fraction of sp³-hybridized carbons (Fsp3) is 0.263. The number of nitrogens with one attached hydrogen (secondary N) is 2. The Morgan fingerprint density at radius 1 is 0.826 bits per heavy atom. The molecule has 2 aromatic carbocycles. The smallest absolute Gasteiger partial charge is 0.229 e. The quantitative estimate of drug-likeness (QED) is 0.901. The lowest BCUT2D eigenvalue weighted by Gasteiger charge is -2.17. The van der Waals surface area contributed by atoms with Gasteiger partial charge in [0.2, 0.25) is 11.8 Å². The van der Waals surface area contributed by atoms with Gasteiger partial charge < -0.3 is 10.6 Å². The van der Waals surface area contributed by atoms with Crippen molar-refractivity contribution < 1.29 is 9.59 Å². The largest absolute Gasteiger partial charge is 0.326 e. The highest BCUT2D eigenvalue weighted by Crippen LogP contribution is 2.19. The zero-order valence-corrected chi connectivity index (χ0v) is 13.7. The molecule has 23 heavy (non-hydrogen) atoms. The van der Waals surface area contributed by atoms with Crippen LogP contribution in [0.25, 0.3) is 0 Å². The number of hydrogen-bond donors (Lipinski definition) is 2. The first-order valence-corrected chi connectivity index (χ1v) is 7.60. The minimum atomic E-state index is -0.442. The molecule has 0 saturated heterocycles. The second-order valence-electron chi connectivity index (χ2n) is 6.49. The average molecular weight is 310 g/mol. The predicted molar refractivity (Wildman–Crippen MR) is 93.3 cm³/mol. The van der Waals surface area contributed by atoms with E-state index in [2.05, 4.69) is 10.6 Å². The van der Waals surface area contributed by atoms with Crippen LogP contribution in [-0.2, 0) is 16.0 Å². The molecule has 0 unspecified atom stereocenters. The van der Waals surface area contributed by atoms with E-state index in [0.29, 0.717) is 17.8 Å². The number of carbonyl (C=O) groups excluding carboxylic acids is 2. The molecule has 0 aliphatic carbocycles. The van der Waals surface area contributed by atoms with Crippen LogP contribution in [0, 0.1) is 5.41 Å². The molecule has 2 aromatic rings. The molecule has 0 aromatic heterocycles. The van der Waals surface area contributed by atoms with Crippen LogP contribution in [-0.4, -0.2) is 11.8 Å². The van der Waals surface area contributed by atoms with Gasteiger partial charge in [-0.15, -0.1) is 0 Å². The van der Waals surface area contributed by atoms with Gasteiger partial charge in [0.05, 0.1) is 6.42 Å². The van der Waals surface area contributed by atoms with E-state index in [4.69, 9.17) is 0 Å². The van der Waals surface area contributed by atoms with Crippen molar-refractivity contribution >= 4 is 23.2 Å². The molecule has 0 fully saturated rings. The minimum Gasteiger partial charge on any atom is -0.326 e. The SMILES string of the molecule is CC(C)(C)C(=O)Nc1ccc(NC(=O)Cc2ccccc2)cc1. The van der Waals surface area contributed by atoms with E-state index < -0.39 is 5.41 Å². The second-order valence-corrected chi connectivity index (χ2v) is 6.49. The van der Waals surface area contributed by atoms with Crippen LogP contribution in [0.2, 0.25) is 0 Å². The molecule has 2 N–H and O–H groups in total. The summed E-state index contributed by atoms with van der Waals surface area (Å²) >= 11 is 0. The van der Waals surface area contributed by atoms with E-state index in [1.165, 1.54) is 0 Å². The van der Waals surface area contributed by atoms with Gasteiger partial charge in [-0.25, -0.2) is 0 Å². The van der Waals surface area contributed by atoms with E-state index in [0.717, 1.165) is 5.56 Å². The van der Waals surface area contributed by atoms with Crippen molar-refractivity contribution in [3.8, 4) is 0 Å². The zero-order valence-electron chi connectivity index (χ0n) is 13.7. The number of rotatable bonds is 4. The van der Waals surface area contributed by atoms with Gasteiger partial charge in [0.25, 0.3) is 0 Å². The van der Waals surface area contributed by atoms with E-state index in [-0.39, 0.29) is 11.8 Å². The van der Waals surface area contributed by atoms with Gasteiger partial charge in [-0.05, 0) is 29.8 Å². The summed E-state index contributed by atoms with van der Waals surface area (Å²) in [6.07, 6.45) is 0.337. The first-order chi connectivity index (χ1) is 10.8. The van der Waals surface area contributed by atoms with Gasteiger partial charge in [-0.3, -0.25) is 9.59 Å². The average Bonchev–Trinajstić information content (AvgIpc) is 2.49. The van der Waals surface area contributed by atoms with Crippen LogP contribution in [0.4, 0.5) is 11.4 Å². The molecule has 4 heteroatoms. The monoisotopic (exact) mass is 310 g/mol. The summed E-state index contributed by atoms with van der Waals surface area (Å²) in [5, 5.41) is 5.70. The van der Waals surface area contributed by atoms with Crippen molar-refractivity contribution in [3.63, 3.8) is 0 Å². The Hall–Kier alpha value is -2.62. The molecule has 0 spiro atoms. The van der Waals surface area contributed by atoms with Crippen molar-refractivity contribution in [1.29, 1.82) is 0 Å². The van der Waals surface area contributed by atoms with Crippen LogP contribution < -0.4 is 10.6 Å². The van der Waals surface area contributed by atoms with Crippen LogP contribution in [0.1, 0.15) is 26.3 Å². The molecule has 2 amide bonds. The molecule has 0 aliphatic rings. The lowest BCUT2D eigenvalue weighted by molar-refractivity contribution is -0.123. The summed E-state index contributed by atoms with van der Waals surface area (Å²) in [6, 6.07) is 16.7. The van der Waals surface area contributed by atoms with Gasteiger partial charge in [0, 0.05) is 16.8 Å². The van der Waals surface area contributed by atoms with Crippen LogP contribution >= 0.6 is 0 Å². The van der Waals surface area contributed by atoms with E-state index in [1.54, 1.807) is 24.3 Å². The van der Waals surface area contributed by atoms with E-state index in [1.807, 2.05) is 51.1 Å². The van der Waals surface area contributed by atoms with E-state index in [9.17, 15) is 9.59 Å². The highest BCUT2D eigenvalue weighted by Gasteiger charge is 2.20. The minimum absolute atomic E-state index is 0.0432. The first-order valence-electron chi connectivity index (χ1n) is 7.60. The summed E-state index contributed by atoms with van der Waals surface area (Å²) in [7, 11) is 0. The standard InChI is InChI=1S/C19H22N2O2/c1-19(2,3)18(23)21-16-11-9-15(10-12-16)20-17(22)13-14-7-5-4-6-8-14/h4-12H,13H2,1-3H3,(H,20,22)(H,21,23). The van der Waals surface area contributed by atoms with Gasteiger partial charge in [-0.1, -0.05) is 51.1 Å². The lowest BCUT2D eigenvalue weighted by atomic mass is 9.95. The van der Waals surface area contributed by atoms with Gasteiger partial charge in [-0.2, -0.15) is 0 Å². The molecule has 0 heterocycles. The maximum absolute atomic E-state index is 12.0. The maximum atomic E-state index is 12.0. The molecule has 4 nitrogen and oxygen atoms in total. The summed E-state index contributed by atoms with van der Waals surface area (Å²) in [4.78, 5) is 23.9. The van der Waals surface area contributed by atoms with Crippen molar-refractivity contribution in [2.24, 2.45) is 5.41 Å². The first kappa shape index (κ1) is 16.7. The molecule has 0 bridgehead atoms. The molecular formula is C19H22N2O2. The lowest BCUT2D eigenvalue weighted by Crippen LogP contribution is -2.27. The van der Waals surface area contributed by atoms with Gasteiger partial charge in [0.1, 0.15) is 0 Å². The third-order valence-electron chi connectivity index (χ3n) is 3.32. The Balaban J connectivity index is 1.92. The summed E-state index contributed by atoms with van der Waals surface area (Å²) in [6.45, 7) is 5.58. The Bertz CT molecular complexity index is 671. The third-order valence-corrected chi connectivity index (χ3v) is 3.32. The van der Waals surface area contributed by atoms with Crippen LogP contribution in [0.5, 0.6) is 0 Å². The van der Waals surface area contributed by atoms with Crippen molar-refractivity contribution in [3.05, 3.63) is 60.2 Å². The van der Waals surface area contributed by atoms with Crippen molar-refractivity contribution in [1.82, 2.24) is 0 Å². The number of carbonyl (C=O) groups is 2. The summed E-state index contributed by atoms with van der Waals surface area (Å²) in [5.74, 6) is -0.110. The number of anilines is 2. The van der Waals surface area contributed by atoms with E-state index >= 15 is 0 Å². The van der Waals surface area contributed by atoms with Gasteiger partial charge in [0.15, 0.2) is 0 Å². The molecule has 0 atom stereocenters. The fourth-order valence-electron chi connectivity index (χ4n) is 1.94. The summed E-state index contributed by atoms with van der Waals surface area (Å²) in [5.41, 5.74) is 1.95. The van der Waals surface area contributed by atoms with Crippen LogP contribution in [0.15, 0.2) is 54.6 Å². The molecule has 120 valence electrons. The normalized spacial score (nSPS) is 10.9. The van der Waals surface area contributed by atoms with Gasteiger partial charge >= 0.3 is 0 Å². The second kappa shape index (κ2) is 7.09. The number of amides is 2. The highest BCUT2D eigenvalue weighted by molar-refractivity contribution is 5.95. The predicted octanol–water partition coefficient (Wildman–Crippen LogP) is 3.85. The van der Waals surface area contributed by atoms with Crippen LogP contribution in [0.3, 0.4) is 0 Å². The van der Waals surface area contributed by atoms with Crippen molar-refractivity contribution in [2.45, 2.75) is 27.2 Å². The number of hydrogen-bond acceptors (Lipinski definition) is 2. The Morgan fingerprint density at radius 3 is 1.87 bits per heavy atom. The topological polar surface area (TPSA) is 58.2 Å². The molecule has 0 saturated carbocycles. The van der Waals surface area contributed by atoms with Crippen molar-refractivity contribution in [2.75, 3.05) is 10.6 Å². The molecule has 0 radical (unpaired) electrons. The maximum Gasteiger partial charge on any atom is 0.229 e. The number of benzene rings is 2. The zero-order chi connectivity index (χ0) is 16.9. The molecule has 2 rings (SSSR count). The molecular weight excluding hydrogens is 288 g/mol. The Morgan fingerprint density at radius 2 is 1.35 bits per heavy atom. The third kappa shape index (κ3) is 5.25.